The van der Waals surface area contributed by atoms with Crippen molar-refractivity contribution in [3.05, 3.63) is 42.7 Å². The molecule has 0 aliphatic rings. The molecule has 0 fully saturated rings. The van der Waals surface area contributed by atoms with Gasteiger partial charge in [0.15, 0.2) is 0 Å². The zero-order valence-electron chi connectivity index (χ0n) is 14.0. The Balaban J connectivity index is 2.09. The number of carbonyl (C=O) groups excluding carboxylic acids is 2. The van der Waals surface area contributed by atoms with Crippen LogP contribution in [-0.2, 0) is 22.6 Å². The van der Waals surface area contributed by atoms with Gasteiger partial charge >= 0.3 is 0 Å². The Morgan fingerprint density at radius 1 is 1.25 bits per heavy atom. The lowest BCUT2D eigenvalue weighted by atomic mass is 10.3. The molecular formula is C18H24N4O2. The first-order chi connectivity index (χ1) is 11.7. The average molecular weight is 328 g/mol. The van der Waals surface area contributed by atoms with Crippen LogP contribution in [0, 0.1) is 0 Å². The molecule has 0 saturated heterocycles. The van der Waals surface area contributed by atoms with E-state index < -0.39 is 0 Å². The molecule has 0 saturated carbocycles. The van der Waals surface area contributed by atoms with Crippen LogP contribution >= 0.6 is 0 Å². The van der Waals surface area contributed by atoms with Crippen LogP contribution in [0.1, 0.15) is 25.6 Å². The molecule has 2 amide bonds. The second-order valence-electron chi connectivity index (χ2n) is 5.50. The molecule has 2 rings (SSSR count). The summed E-state index contributed by atoms with van der Waals surface area (Å²) in [5.74, 6) is 0.835. The summed E-state index contributed by atoms with van der Waals surface area (Å²) < 4.78 is 1.94. The Morgan fingerprint density at radius 3 is 2.79 bits per heavy atom. The average Bonchev–Trinajstić information content (AvgIpc) is 2.94. The quantitative estimate of drug-likeness (QED) is 0.544. The van der Waals surface area contributed by atoms with Gasteiger partial charge in [0.2, 0.25) is 11.8 Å². The molecule has 6 nitrogen and oxygen atoms in total. The van der Waals surface area contributed by atoms with Crippen molar-refractivity contribution in [1.29, 1.82) is 0 Å². The number of amides is 2. The normalized spacial score (nSPS) is 10.5. The Hall–Kier alpha value is -2.63. The molecule has 0 aliphatic carbocycles. The molecule has 128 valence electrons. The largest absolute Gasteiger partial charge is 0.356 e. The van der Waals surface area contributed by atoms with Crippen molar-refractivity contribution >= 4 is 22.8 Å². The van der Waals surface area contributed by atoms with Crippen molar-refractivity contribution in [2.75, 3.05) is 13.1 Å². The fourth-order valence-electron chi connectivity index (χ4n) is 2.48. The summed E-state index contributed by atoms with van der Waals surface area (Å²) in [6.45, 7) is 6.72. The molecule has 1 aromatic heterocycles. The Morgan fingerprint density at radius 2 is 2.04 bits per heavy atom. The highest BCUT2D eigenvalue weighted by Gasteiger charge is 2.13. The van der Waals surface area contributed by atoms with Crippen LogP contribution in [0.25, 0.3) is 11.0 Å². The zero-order valence-corrected chi connectivity index (χ0v) is 14.0. The van der Waals surface area contributed by atoms with E-state index >= 15 is 0 Å². The minimum absolute atomic E-state index is 0.0484. The van der Waals surface area contributed by atoms with Crippen LogP contribution in [0.3, 0.4) is 0 Å². The van der Waals surface area contributed by atoms with Crippen LogP contribution in [0.15, 0.2) is 36.9 Å². The maximum atomic E-state index is 12.1. The van der Waals surface area contributed by atoms with E-state index in [0.717, 1.165) is 23.3 Å². The fraction of sp³-hybridized carbons (Fsp3) is 0.389. The number of rotatable bonds is 9. The zero-order chi connectivity index (χ0) is 17.4. The van der Waals surface area contributed by atoms with Gasteiger partial charge in [-0.1, -0.05) is 25.1 Å². The maximum Gasteiger partial charge on any atom is 0.240 e. The van der Waals surface area contributed by atoms with Crippen LogP contribution in [0.4, 0.5) is 0 Å². The summed E-state index contributed by atoms with van der Waals surface area (Å²) in [6.07, 6.45) is 3.62. The molecule has 0 spiro atoms. The number of carbonyl (C=O) groups is 2. The molecule has 6 heteroatoms. The van der Waals surface area contributed by atoms with E-state index in [0.29, 0.717) is 25.9 Å². The summed E-state index contributed by atoms with van der Waals surface area (Å²) >= 11 is 0. The number of para-hydroxylation sites is 2. The van der Waals surface area contributed by atoms with Gasteiger partial charge in [-0.15, -0.1) is 6.58 Å². The van der Waals surface area contributed by atoms with Gasteiger partial charge in [-0.25, -0.2) is 4.98 Å². The highest BCUT2D eigenvalue weighted by Crippen LogP contribution is 2.17. The lowest BCUT2D eigenvalue weighted by Gasteiger charge is -2.09. The predicted octanol–water partition coefficient (Wildman–Crippen LogP) is 1.80. The molecule has 0 bridgehead atoms. The summed E-state index contributed by atoms with van der Waals surface area (Å²) in [7, 11) is 0. The molecule has 1 aromatic carbocycles. The Bertz CT molecular complexity index is 721. The first kappa shape index (κ1) is 17.7. The molecule has 2 aromatic rings. The molecule has 0 aliphatic heterocycles. The summed E-state index contributed by atoms with van der Waals surface area (Å²) in [4.78, 5) is 28.0. The van der Waals surface area contributed by atoms with E-state index in [4.69, 9.17) is 0 Å². The van der Waals surface area contributed by atoms with Crippen molar-refractivity contribution in [1.82, 2.24) is 20.2 Å². The molecule has 0 radical (unpaired) electrons. The Labute approximate surface area is 141 Å². The van der Waals surface area contributed by atoms with Crippen molar-refractivity contribution in [2.24, 2.45) is 0 Å². The summed E-state index contributed by atoms with van der Waals surface area (Å²) in [5.41, 5.74) is 1.82. The molecule has 0 atom stereocenters. The van der Waals surface area contributed by atoms with Crippen molar-refractivity contribution in [2.45, 2.75) is 32.7 Å². The SMILES string of the molecule is C=CCNC(=O)Cn1c(CCCNC(=O)CC)nc2ccccc21. The standard InChI is InChI=1S/C18H24N4O2/c1-3-11-19-18(24)13-22-15-9-6-5-8-14(15)21-16(22)10-7-12-20-17(23)4-2/h3,5-6,8-9H,1,4,7,10-13H2,2H3,(H,19,24)(H,20,23). The minimum Gasteiger partial charge on any atom is -0.356 e. The third kappa shape index (κ3) is 4.68. The fourth-order valence-corrected chi connectivity index (χ4v) is 2.48. The van der Waals surface area contributed by atoms with Gasteiger partial charge in [0.05, 0.1) is 11.0 Å². The van der Waals surface area contributed by atoms with Crippen molar-refractivity contribution < 1.29 is 9.59 Å². The van der Waals surface area contributed by atoms with Crippen LogP contribution < -0.4 is 10.6 Å². The second kappa shape index (κ2) is 8.86. The van der Waals surface area contributed by atoms with Gasteiger partial charge in [-0.05, 0) is 18.6 Å². The number of aryl methyl sites for hydroxylation is 1. The van der Waals surface area contributed by atoms with E-state index in [2.05, 4.69) is 22.2 Å². The number of nitrogens with one attached hydrogen (secondary N) is 2. The number of nitrogens with zero attached hydrogens (tertiary/aromatic N) is 2. The van der Waals surface area contributed by atoms with Crippen LogP contribution in [0.5, 0.6) is 0 Å². The van der Waals surface area contributed by atoms with Crippen molar-refractivity contribution in [3.8, 4) is 0 Å². The Kier molecular flexibility index (Phi) is 6.54. The number of imidazole rings is 1. The lowest BCUT2D eigenvalue weighted by molar-refractivity contribution is -0.121. The molecule has 0 unspecified atom stereocenters. The smallest absolute Gasteiger partial charge is 0.240 e. The highest BCUT2D eigenvalue weighted by molar-refractivity contribution is 5.81. The number of hydrogen-bond acceptors (Lipinski definition) is 3. The van der Waals surface area contributed by atoms with Gasteiger partial charge in [0.25, 0.3) is 0 Å². The number of aromatic nitrogens is 2. The van der Waals surface area contributed by atoms with Crippen LogP contribution in [0.2, 0.25) is 0 Å². The predicted molar refractivity (Wildman–Crippen MR) is 94.6 cm³/mol. The molecular weight excluding hydrogens is 304 g/mol. The number of hydrogen-bond donors (Lipinski definition) is 2. The van der Waals surface area contributed by atoms with E-state index in [1.165, 1.54) is 0 Å². The highest BCUT2D eigenvalue weighted by atomic mass is 16.2. The van der Waals surface area contributed by atoms with Gasteiger partial charge in [-0.2, -0.15) is 0 Å². The van der Waals surface area contributed by atoms with Crippen LogP contribution in [-0.4, -0.2) is 34.5 Å². The monoisotopic (exact) mass is 328 g/mol. The van der Waals surface area contributed by atoms with E-state index in [9.17, 15) is 9.59 Å². The minimum atomic E-state index is -0.0708. The third-order valence-electron chi connectivity index (χ3n) is 3.70. The molecule has 1 heterocycles. The molecule has 2 N–H and O–H groups in total. The maximum absolute atomic E-state index is 12.1. The van der Waals surface area contributed by atoms with Gasteiger partial charge in [0, 0.05) is 25.9 Å². The van der Waals surface area contributed by atoms with E-state index in [1.807, 2.05) is 35.8 Å². The lowest BCUT2D eigenvalue weighted by Crippen LogP contribution is -2.28. The first-order valence-corrected chi connectivity index (χ1v) is 8.24. The third-order valence-corrected chi connectivity index (χ3v) is 3.70. The van der Waals surface area contributed by atoms with Crippen molar-refractivity contribution in [3.63, 3.8) is 0 Å². The van der Waals surface area contributed by atoms with E-state index in [1.54, 1.807) is 6.08 Å². The topological polar surface area (TPSA) is 76.0 Å². The second-order valence-corrected chi connectivity index (χ2v) is 5.50. The first-order valence-electron chi connectivity index (χ1n) is 8.24. The van der Waals surface area contributed by atoms with Gasteiger partial charge in [0.1, 0.15) is 12.4 Å². The molecule has 24 heavy (non-hydrogen) atoms. The van der Waals surface area contributed by atoms with E-state index in [-0.39, 0.29) is 18.4 Å². The summed E-state index contributed by atoms with van der Waals surface area (Å²) in [5, 5.41) is 5.65. The number of fused-ring (bicyclic) bond motifs is 1. The number of benzene rings is 1. The summed E-state index contributed by atoms with van der Waals surface area (Å²) in [6, 6.07) is 7.78. The van der Waals surface area contributed by atoms with Gasteiger partial charge < -0.3 is 15.2 Å². The van der Waals surface area contributed by atoms with Gasteiger partial charge in [-0.3, -0.25) is 9.59 Å².